The Labute approximate surface area is 181 Å². The standard InChI is InChI=1S/C17H35N5O3S.HI/c1-6-26(24,25)22(5)13-9-12-19-16(18-2)20-14-17(10-7-8-11-17)15(23)21(3)4;/h6-14H2,1-5H3,(H2,18,19,20);1H. The average molecular weight is 517 g/mol. The molecule has 0 radical (unpaired) electrons. The Kier molecular flexibility index (Phi) is 11.8. The zero-order valence-corrected chi connectivity index (χ0v) is 20.4. The maximum atomic E-state index is 12.6. The Hall–Kier alpha value is -0.620. The zero-order chi connectivity index (χ0) is 19.8. The van der Waals surface area contributed by atoms with Crippen LogP contribution in [-0.4, -0.2) is 83.1 Å². The van der Waals surface area contributed by atoms with Gasteiger partial charge in [-0.1, -0.05) is 12.8 Å². The Morgan fingerprint density at radius 3 is 2.22 bits per heavy atom. The third-order valence-corrected chi connectivity index (χ3v) is 6.88. The molecule has 0 aromatic heterocycles. The molecule has 1 aliphatic rings. The second-order valence-electron chi connectivity index (χ2n) is 7.12. The molecule has 1 fully saturated rings. The number of sulfonamides is 1. The molecule has 0 spiro atoms. The number of carbonyl (C=O) groups is 1. The van der Waals surface area contributed by atoms with Crippen LogP contribution >= 0.6 is 24.0 Å². The molecule has 0 saturated heterocycles. The summed E-state index contributed by atoms with van der Waals surface area (Å²) in [6.45, 7) is 3.28. The third kappa shape index (κ3) is 7.72. The predicted octanol–water partition coefficient (Wildman–Crippen LogP) is 1.09. The number of hydrogen-bond acceptors (Lipinski definition) is 4. The summed E-state index contributed by atoms with van der Waals surface area (Å²) in [6, 6.07) is 0. The topological polar surface area (TPSA) is 94.1 Å². The van der Waals surface area contributed by atoms with Crippen molar-refractivity contribution in [2.45, 2.75) is 39.0 Å². The van der Waals surface area contributed by atoms with E-state index in [1.54, 1.807) is 40.0 Å². The van der Waals surface area contributed by atoms with Gasteiger partial charge < -0.3 is 15.5 Å². The second kappa shape index (κ2) is 12.1. The van der Waals surface area contributed by atoms with Crippen LogP contribution in [0.1, 0.15) is 39.0 Å². The van der Waals surface area contributed by atoms with Gasteiger partial charge >= 0.3 is 0 Å². The molecule has 0 unspecified atom stereocenters. The first-order valence-electron chi connectivity index (χ1n) is 9.29. The van der Waals surface area contributed by atoms with Gasteiger partial charge in [0, 0.05) is 47.8 Å². The molecule has 1 aliphatic carbocycles. The van der Waals surface area contributed by atoms with Gasteiger partial charge in [0.05, 0.1) is 11.2 Å². The van der Waals surface area contributed by atoms with Crippen molar-refractivity contribution in [3.05, 3.63) is 0 Å². The monoisotopic (exact) mass is 517 g/mol. The Balaban J connectivity index is 0.00000676. The highest BCUT2D eigenvalue weighted by Gasteiger charge is 2.42. The lowest BCUT2D eigenvalue weighted by atomic mass is 9.84. The molecule has 0 atom stereocenters. The van der Waals surface area contributed by atoms with Gasteiger partial charge in [-0.15, -0.1) is 24.0 Å². The average Bonchev–Trinajstić information content (AvgIpc) is 3.10. The Morgan fingerprint density at radius 1 is 1.15 bits per heavy atom. The molecule has 0 bridgehead atoms. The number of guanidine groups is 1. The van der Waals surface area contributed by atoms with Crippen molar-refractivity contribution in [3.63, 3.8) is 0 Å². The molecule has 0 heterocycles. The number of nitrogens with zero attached hydrogens (tertiary/aromatic N) is 3. The molecule has 1 saturated carbocycles. The van der Waals surface area contributed by atoms with E-state index in [0.717, 1.165) is 25.7 Å². The quantitative estimate of drug-likeness (QED) is 0.207. The van der Waals surface area contributed by atoms with Crippen LogP contribution in [0, 0.1) is 5.41 Å². The van der Waals surface area contributed by atoms with Crippen LogP contribution < -0.4 is 10.6 Å². The fourth-order valence-corrected chi connectivity index (χ4v) is 4.18. The number of hydrogen-bond donors (Lipinski definition) is 2. The SMILES string of the molecule is CCS(=O)(=O)N(C)CCCNC(=NC)NCC1(C(=O)N(C)C)CCCC1.I. The van der Waals surface area contributed by atoms with Crippen LogP contribution in [0.2, 0.25) is 0 Å². The number of halogens is 1. The van der Waals surface area contributed by atoms with Gasteiger partial charge in [-0.2, -0.15) is 0 Å². The molecule has 1 amide bonds. The maximum Gasteiger partial charge on any atom is 0.230 e. The van der Waals surface area contributed by atoms with Crippen molar-refractivity contribution in [3.8, 4) is 0 Å². The van der Waals surface area contributed by atoms with Crippen LogP contribution in [0.25, 0.3) is 0 Å². The first-order chi connectivity index (χ1) is 12.2. The Morgan fingerprint density at radius 2 is 1.74 bits per heavy atom. The summed E-state index contributed by atoms with van der Waals surface area (Å²) >= 11 is 0. The first-order valence-corrected chi connectivity index (χ1v) is 10.9. The number of amides is 1. The lowest BCUT2D eigenvalue weighted by Crippen LogP contribution is -2.49. The molecule has 160 valence electrons. The van der Waals surface area contributed by atoms with E-state index >= 15 is 0 Å². The lowest BCUT2D eigenvalue weighted by Gasteiger charge is -2.31. The first kappa shape index (κ1) is 26.4. The minimum atomic E-state index is -3.13. The fourth-order valence-electron chi connectivity index (χ4n) is 3.33. The summed E-state index contributed by atoms with van der Waals surface area (Å²) in [5, 5.41) is 6.47. The van der Waals surface area contributed by atoms with Crippen LogP contribution in [-0.2, 0) is 14.8 Å². The number of rotatable bonds is 9. The van der Waals surface area contributed by atoms with Crippen LogP contribution in [0.4, 0.5) is 0 Å². The van der Waals surface area contributed by atoms with Crippen molar-refractivity contribution in [2.75, 3.05) is 53.6 Å². The van der Waals surface area contributed by atoms with E-state index in [2.05, 4.69) is 15.6 Å². The summed E-state index contributed by atoms with van der Waals surface area (Å²) in [4.78, 5) is 18.5. The van der Waals surface area contributed by atoms with Crippen molar-refractivity contribution >= 4 is 45.9 Å². The van der Waals surface area contributed by atoms with Gasteiger partial charge in [-0.3, -0.25) is 9.79 Å². The highest BCUT2D eigenvalue weighted by Crippen LogP contribution is 2.38. The summed E-state index contributed by atoms with van der Waals surface area (Å²) < 4.78 is 24.8. The van der Waals surface area contributed by atoms with Crippen molar-refractivity contribution in [2.24, 2.45) is 10.4 Å². The van der Waals surface area contributed by atoms with Gasteiger partial charge in [0.2, 0.25) is 15.9 Å². The third-order valence-electron chi connectivity index (χ3n) is 5.02. The number of carbonyl (C=O) groups excluding carboxylic acids is 1. The van der Waals surface area contributed by atoms with E-state index in [4.69, 9.17) is 0 Å². The van der Waals surface area contributed by atoms with Crippen LogP contribution in [0.15, 0.2) is 4.99 Å². The minimum absolute atomic E-state index is 0. The molecule has 0 aromatic carbocycles. The largest absolute Gasteiger partial charge is 0.356 e. The van der Waals surface area contributed by atoms with Gasteiger partial charge in [0.1, 0.15) is 0 Å². The molecule has 2 N–H and O–H groups in total. The fraction of sp³-hybridized carbons (Fsp3) is 0.882. The number of nitrogens with one attached hydrogen (secondary N) is 2. The molecular weight excluding hydrogens is 481 g/mol. The maximum absolute atomic E-state index is 12.6. The van der Waals surface area contributed by atoms with E-state index in [1.807, 2.05) is 0 Å². The Bertz CT molecular complexity index is 589. The molecular formula is C17H36IN5O3S. The molecule has 10 heteroatoms. The van der Waals surface area contributed by atoms with E-state index in [0.29, 0.717) is 32.0 Å². The second-order valence-corrected chi connectivity index (χ2v) is 9.48. The van der Waals surface area contributed by atoms with E-state index in [-0.39, 0.29) is 41.1 Å². The van der Waals surface area contributed by atoms with Crippen LogP contribution in [0.3, 0.4) is 0 Å². The smallest absolute Gasteiger partial charge is 0.230 e. The summed E-state index contributed by atoms with van der Waals surface area (Å²) in [6.07, 6.45) is 4.62. The molecule has 1 rings (SSSR count). The highest BCUT2D eigenvalue weighted by atomic mass is 127. The van der Waals surface area contributed by atoms with Gasteiger partial charge in [-0.05, 0) is 26.2 Å². The molecule has 0 aromatic rings. The zero-order valence-electron chi connectivity index (χ0n) is 17.2. The van der Waals surface area contributed by atoms with Gasteiger partial charge in [-0.25, -0.2) is 12.7 Å². The molecule has 0 aliphatic heterocycles. The summed E-state index contributed by atoms with van der Waals surface area (Å²) in [5.74, 6) is 0.926. The van der Waals surface area contributed by atoms with Crippen molar-refractivity contribution in [1.29, 1.82) is 0 Å². The van der Waals surface area contributed by atoms with Crippen molar-refractivity contribution in [1.82, 2.24) is 19.8 Å². The summed E-state index contributed by atoms with van der Waals surface area (Å²) in [5.41, 5.74) is -0.351. The van der Waals surface area contributed by atoms with Crippen molar-refractivity contribution < 1.29 is 13.2 Å². The van der Waals surface area contributed by atoms with E-state index in [9.17, 15) is 13.2 Å². The summed E-state index contributed by atoms with van der Waals surface area (Å²) in [7, 11) is 3.76. The number of aliphatic imine (C=N–C) groups is 1. The lowest BCUT2D eigenvalue weighted by molar-refractivity contribution is -0.138. The van der Waals surface area contributed by atoms with Gasteiger partial charge in [0.15, 0.2) is 5.96 Å². The van der Waals surface area contributed by atoms with Gasteiger partial charge in [0.25, 0.3) is 0 Å². The van der Waals surface area contributed by atoms with Crippen LogP contribution in [0.5, 0.6) is 0 Å². The van der Waals surface area contributed by atoms with E-state index < -0.39 is 10.0 Å². The highest BCUT2D eigenvalue weighted by molar-refractivity contribution is 14.0. The predicted molar refractivity (Wildman–Crippen MR) is 121 cm³/mol. The van der Waals surface area contributed by atoms with E-state index in [1.165, 1.54) is 4.31 Å². The minimum Gasteiger partial charge on any atom is -0.356 e. The molecule has 27 heavy (non-hydrogen) atoms. The molecule has 8 nitrogen and oxygen atoms in total. The normalized spacial score (nSPS) is 16.7.